The van der Waals surface area contributed by atoms with Gasteiger partial charge in [-0.2, -0.15) is 0 Å². The van der Waals surface area contributed by atoms with Gasteiger partial charge in [-0.25, -0.2) is 0 Å². The SMILES string of the molecule is Cc1ccc(N2CC(CCN)N(C)CC2=O)cc1. The maximum Gasteiger partial charge on any atom is 0.241 e. The number of carbonyl (C=O) groups is 1. The highest BCUT2D eigenvalue weighted by Crippen LogP contribution is 2.20. The Balaban J connectivity index is 2.16. The molecule has 98 valence electrons. The van der Waals surface area contributed by atoms with Crippen LogP contribution in [0.25, 0.3) is 0 Å². The molecule has 0 radical (unpaired) electrons. The molecule has 0 aromatic heterocycles. The summed E-state index contributed by atoms with van der Waals surface area (Å²) in [6.45, 7) is 3.91. The quantitative estimate of drug-likeness (QED) is 0.866. The lowest BCUT2D eigenvalue weighted by atomic mass is 10.1. The molecule has 1 saturated heterocycles. The molecule has 4 nitrogen and oxygen atoms in total. The first kappa shape index (κ1) is 13.1. The minimum Gasteiger partial charge on any atom is -0.330 e. The third-order valence-corrected chi connectivity index (χ3v) is 3.55. The van der Waals surface area contributed by atoms with E-state index in [0.29, 0.717) is 19.1 Å². The van der Waals surface area contributed by atoms with Gasteiger partial charge < -0.3 is 10.6 Å². The number of piperazine rings is 1. The Bertz CT molecular complexity index is 416. The van der Waals surface area contributed by atoms with Gasteiger partial charge in [0.15, 0.2) is 0 Å². The van der Waals surface area contributed by atoms with E-state index in [-0.39, 0.29) is 5.91 Å². The van der Waals surface area contributed by atoms with Crippen molar-refractivity contribution in [3.05, 3.63) is 29.8 Å². The van der Waals surface area contributed by atoms with Crippen LogP contribution in [0.4, 0.5) is 5.69 Å². The van der Waals surface area contributed by atoms with Crippen molar-refractivity contribution in [3.8, 4) is 0 Å². The number of amides is 1. The zero-order chi connectivity index (χ0) is 13.1. The fraction of sp³-hybridized carbons (Fsp3) is 0.500. The molecule has 2 N–H and O–H groups in total. The molecule has 1 amide bonds. The van der Waals surface area contributed by atoms with Gasteiger partial charge in [0.2, 0.25) is 5.91 Å². The summed E-state index contributed by atoms with van der Waals surface area (Å²) in [6.07, 6.45) is 0.923. The number of benzene rings is 1. The Morgan fingerprint density at radius 3 is 2.61 bits per heavy atom. The van der Waals surface area contributed by atoms with Crippen LogP contribution in [0, 0.1) is 6.92 Å². The Morgan fingerprint density at radius 1 is 1.33 bits per heavy atom. The first-order valence-electron chi connectivity index (χ1n) is 6.39. The van der Waals surface area contributed by atoms with Crippen LogP contribution in [0.5, 0.6) is 0 Å². The van der Waals surface area contributed by atoms with Gasteiger partial charge in [0.05, 0.1) is 6.54 Å². The van der Waals surface area contributed by atoms with Gasteiger partial charge in [-0.05, 0) is 39.1 Å². The van der Waals surface area contributed by atoms with Crippen molar-refractivity contribution in [1.82, 2.24) is 4.90 Å². The van der Waals surface area contributed by atoms with Crippen molar-refractivity contribution in [2.24, 2.45) is 5.73 Å². The number of nitrogens with two attached hydrogens (primary N) is 1. The van der Waals surface area contributed by atoms with Gasteiger partial charge in [0.1, 0.15) is 0 Å². The predicted molar refractivity (Wildman–Crippen MR) is 73.6 cm³/mol. The van der Waals surface area contributed by atoms with E-state index in [1.54, 1.807) is 0 Å². The first-order valence-corrected chi connectivity index (χ1v) is 6.39. The van der Waals surface area contributed by atoms with Gasteiger partial charge in [0.25, 0.3) is 0 Å². The van der Waals surface area contributed by atoms with E-state index in [1.807, 2.05) is 43.1 Å². The molecule has 1 aromatic carbocycles. The third kappa shape index (κ3) is 2.71. The monoisotopic (exact) mass is 247 g/mol. The molecule has 4 heteroatoms. The largest absolute Gasteiger partial charge is 0.330 e. The number of hydrogen-bond donors (Lipinski definition) is 1. The molecule has 1 atom stereocenters. The molecule has 0 saturated carbocycles. The Kier molecular flexibility index (Phi) is 3.99. The lowest BCUT2D eigenvalue weighted by Crippen LogP contribution is -2.55. The number of aryl methyl sites for hydroxylation is 1. The average Bonchev–Trinajstić information content (AvgIpc) is 2.34. The molecular formula is C14H21N3O. The van der Waals surface area contributed by atoms with E-state index < -0.39 is 0 Å². The lowest BCUT2D eigenvalue weighted by molar-refractivity contribution is -0.122. The van der Waals surface area contributed by atoms with E-state index in [4.69, 9.17) is 5.73 Å². The molecular weight excluding hydrogens is 226 g/mol. The molecule has 1 aromatic rings. The molecule has 2 rings (SSSR count). The minimum atomic E-state index is 0.162. The number of likely N-dealkylation sites (N-methyl/N-ethyl adjacent to an activating group) is 1. The van der Waals surface area contributed by atoms with E-state index in [0.717, 1.165) is 18.7 Å². The van der Waals surface area contributed by atoms with Crippen LogP contribution in [-0.4, -0.2) is 43.5 Å². The minimum absolute atomic E-state index is 0.162. The predicted octanol–water partition coefficient (Wildman–Crippen LogP) is 0.991. The van der Waals surface area contributed by atoms with Crippen LogP contribution in [0.3, 0.4) is 0 Å². The van der Waals surface area contributed by atoms with Crippen molar-refractivity contribution in [3.63, 3.8) is 0 Å². The maximum absolute atomic E-state index is 12.1. The normalized spacial score (nSPS) is 21.4. The fourth-order valence-corrected chi connectivity index (χ4v) is 2.36. The molecule has 1 aliphatic heterocycles. The van der Waals surface area contributed by atoms with Crippen LogP contribution >= 0.6 is 0 Å². The fourth-order valence-electron chi connectivity index (χ4n) is 2.36. The number of carbonyl (C=O) groups excluding carboxylic acids is 1. The topological polar surface area (TPSA) is 49.6 Å². The van der Waals surface area contributed by atoms with Gasteiger partial charge >= 0.3 is 0 Å². The zero-order valence-electron chi connectivity index (χ0n) is 11.1. The molecule has 1 fully saturated rings. The summed E-state index contributed by atoms with van der Waals surface area (Å²) in [5.41, 5.74) is 7.82. The summed E-state index contributed by atoms with van der Waals surface area (Å²) >= 11 is 0. The zero-order valence-corrected chi connectivity index (χ0v) is 11.1. The van der Waals surface area contributed by atoms with E-state index in [9.17, 15) is 4.79 Å². The van der Waals surface area contributed by atoms with Crippen molar-refractivity contribution in [2.45, 2.75) is 19.4 Å². The Labute approximate surface area is 108 Å². The molecule has 1 aliphatic rings. The van der Waals surface area contributed by atoms with Gasteiger partial charge in [-0.15, -0.1) is 0 Å². The van der Waals surface area contributed by atoms with Crippen LogP contribution in [0.15, 0.2) is 24.3 Å². The maximum atomic E-state index is 12.1. The molecule has 0 spiro atoms. The van der Waals surface area contributed by atoms with Gasteiger partial charge in [0, 0.05) is 18.3 Å². The summed E-state index contributed by atoms with van der Waals surface area (Å²) < 4.78 is 0. The average molecular weight is 247 g/mol. The van der Waals surface area contributed by atoms with Crippen LogP contribution in [-0.2, 0) is 4.79 Å². The van der Waals surface area contributed by atoms with Crippen LogP contribution in [0.1, 0.15) is 12.0 Å². The van der Waals surface area contributed by atoms with E-state index >= 15 is 0 Å². The summed E-state index contributed by atoms with van der Waals surface area (Å²) in [6, 6.07) is 8.46. The van der Waals surface area contributed by atoms with Gasteiger partial charge in [-0.3, -0.25) is 9.69 Å². The van der Waals surface area contributed by atoms with Crippen LogP contribution in [0.2, 0.25) is 0 Å². The molecule has 18 heavy (non-hydrogen) atoms. The van der Waals surface area contributed by atoms with Crippen molar-refractivity contribution in [1.29, 1.82) is 0 Å². The Morgan fingerprint density at radius 2 is 2.00 bits per heavy atom. The molecule has 1 heterocycles. The highest BCUT2D eigenvalue weighted by atomic mass is 16.2. The van der Waals surface area contributed by atoms with Crippen molar-refractivity contribution in [2.75, 3.05) is 31.6 Å². The van der Waals surface area contributed by atoms with Crippen molar-refractivity contribution >= 4 is 11.6 Å². The summed E-state index contributed by atoms with van der Waals surface area (Å²) in [7, 11) is 1.99. The first-order chi connectivity index (χ1) is 8.61. The third-order valence-electron chi connectivity index (χ3n) is 3.55. The second-order valence-corrected chi connectivity index (χ2v) is 4.99. The summed E-state index contributed by atoms with van der Waals surface area (Å²) in [5.74, 6) is 0.162. The summed E-state index contributed by atoms with van der Waals surface area (Å²) in [4.78, 5) is 16.1. The number of hydrogen-bond acceptors (Lipinski definition) is 3. The molecule has 1 unspecified atom stereocenters. The summed E-state index contributed by atoms with van der Waals surface area (Å²) in [5, 5.41) is 0. The van der Waals surface area contributed by atoms with Gasteiger partial charge in [-0.1, -0.05) is 17.7 Å². The standard InChI is InChI=1S/C14H21N3O/c1-11-3-5-12(6-4-11)17-9-13(7-8-15)16(2)10-14(17)18/h3-6,13H,7-10,15H2,1-2H3. The van der Waals surface area contributed by atoms with Crippen molar-refractivity contribution < 1.29 is 4.79 Å². The van der Waals surface area contributed by atoms with Crippen LogP contribution < -0.4 is 10.6 Å². The smallest absolute Gasteiger partial charge is 0.241 e. The highest BCUT2D eigenvalue weighted by Gasteiger charge is 2.29. The molecule has 0 bridgehead atoms. The Hall–Kier alpha value is -1.39. The second-order valence-electron chi connectivity index (χ2n) is 4.99. The lowest BCUT2D eigenvalue weighted by Gasteiger charge is -2.39. The second kappa shape index (κ2) is 5.50. The van der Waals surface area contributed by atoms with E-state index in [2.05, 4.69) is 4.90 Å². The number of anilines is 1. The molecule has 0 aliphatic carbocycles. The highest BCUT2D eigenvalue weighted by molar-refractivity contribution is 5.95. The van der Waals surface area contributed by atoms with E-state index in [1.165, 1.54) is 5.56 Å². The number of rotatable bonds is 3. The number of nitrogens with zero attached hydrogens (tertiary/aromatic N) is 2.